The second-order valence-electron chi connectivity index (χ2n) is 4.37. The molecule has 0 saturated heterocycles. The maximum absolute atomic E-state index is 10.6. The van der Waals surface area contributed by atoms with E-state index in [0.717, 1.165) is 0 Å². The van der Waals surface area contributed by atoms with E-state index >= 15 is 0 Å². The fraction of sp³-hybridized carbons (Fsp3) is 0.125. The average Bonchev–Trinajstić information content (AvgIpc) is 2.49. The van der Waals surface area contributed by atoms with Gasteiger partial charge >= 0.3 is 0 Å². The molecule has 0 atom stereocenters. The number of methoxy groups -OCH3 is 1. The van der Waals surface area contributed by atoms with Crippen molar-refractivity contribution in [3.8, 4) is 17.2 Å². The van der Waals surface area contributed by atoms with Crippen LogP contribution in [0.25, 0.3) is 6.08 Å². The number of nitrogens with zero attached hydrogens (tertiary/aromatic N) is 1. The van der Waals surface area contributed by atoms with Crippen molar-refractivity contribution < 1.29 is 14.4 Å². The molecule has 0 saturated carbocycles. The monoisotopic (exact) mass is 285 g/mol. The Kier molecular flexibility index (Phi) is 4.56. The van der Waals surface area contributed by atoms with Crippen LogP contribution in [0.2, 0.25) is 0 Å². The number of para-hydroxylation sites is 1. The third kappa shape index (κ3) is 3.82. The van der Waals surface area contributed by atoms with Crippen molar-refractivity contribution >= 4 is 6.08 Å². The van der Waals surface area contributed by atoms with Crippen molar-refractivity contribution in [2.45, 2.75) is 6.92 Å². The smallest absolute Gasteiger partial charge is 0.243 e. The van der Waals surface area contributed by atoms with E-state index in [-0.39, 0.29) is 5.70 Å². The molecule has 0 unspecified atom stereocenters. The molecule has 2 aromatic rings. The van der Waals surface area contributed by atoms with Crippen molar-refractivity contribution in [2.75, 3.05) is 7.11 Å². The summed E-state index contributed by atoms with van der Waals surface area (Å²) in [4.78, 5) is 10.2. The zero-order valence-electron chi connectivity index (χ0n) is 11.8. The molecule has 0 heterocycles. The second kappa shape index (κ2) is 6.56. The van der Waals surface area contributed by atoms with Gasteiger partial charge in [-0.15, -0.1) is 0 Å². The standard InChI is InChI=1S/C16H15NO4/c1-12(17(18)19)10-13-8-9-15(16(11-13)20-2)21-14-6-4-3-5-7-14/h3-11H,1-2H3/b12-10+. The molecule has 0 N–H and O–H groups in total. The first-order valence-electron chi connectivity index (χ1n) is 6.34. The van der Waals surface area contributed by atoms with Crippen LogP contribution in [-0.4, -0.2) is 12.0 Å². The molecule has 0 aliphatic rings. The van der Waals surface area contributed by atoms with E-state index in [1.807, 2.05) is 30.3 Å². The van der Waals surface area contributed by atoms with Crippen LogP contribution in [0.3, 0.4) is 0 Å². The Morgan fingerprint density at radius 2 is 1.86 bits per heavy atom. The largest absolute Gasteiger partial charge is 0.493 e. The van der Waals surface area contributed by atoms with E-state index in [0.29, 0.717) is 22.8 Å². The SMILES string of the molecule is COc1cc(/C=C(\C)[N+](=O)[O-])ccc1Oc1ccccc1. The Hall–Kier alpha value is -2.82. The van der Waals surface area contributed by atoms with Gasteiger partial charge in [-0.05, 0) is 29.8 Å². The number of rotatable bonds is 5. The number of benzene rings is 2. The number of nitro groups is 1. The van der Waals surface area contributed by atoms with E-state index in [1.165, 1.54) is 20.1 Å². The van der Waals surface area contributed by atoms with E-state index in [4.69, 9.17) is 9.47 Å². The van der Waals surface area contributed by atoms with Gasteiger partial charge in [-0.25, -0.2) is 0 Å². The van der Waals surface area contributed by atoms with Gasteiger partial charge in [0.05, 0.1) is 12.0 Å². The van der Waals surface area contributed by atoms with Gasteiger partial charge in [0.1, 0.15) is 5.75 Å². The minimum Gasteiger partial charge on any atom is -0.493 e. The van der Waals surface area contributed by atoms with Gasteiger partial charge in [-0.2, -0.15) is 0 Å². The van der Waals surface area contributed by atoms with Crippen LogP contribution in [0.4, 0.5) is 0 Å². The first kappa shape index (κ1) is 14.6. The molecule has 0 aromatic heterocycles. The molecule has 5 nitrogen and oxygen atoms in total. The number of allylic oxidation sites excluding steroid dienone is 1. The Labute approximate surface area is 122 Å². The van der Waals surface area contributed by atoms with Crippen LogP contribution in [0.5, 0.6) is 17.2 Å². The fourth-order valence-electron chi connectivity index (χ4n) is 1.77. The highest BCUT2D eigenvalue weighted by atomic mass is 16.6. The lowest BCUT2D eigenvalue weighted by molar-refractivity contribution is -0.422. The van der Waals surface area contributed by atoms with Crippen LogP contribution < -0.4 is 9.47 Å². The Balaban J connectivity index is 2.29. The normalized spacial score (nSPS) is 11.0. The summed E-state index contributed by atoms with van der Waals surface area (Å²) < 4.78 is 11.0. The Bertz CT molecular complexity index is 665. The van der Waals surface area contributed by atoms with E-state index in [9.17, 15) is 10.1 Å². The summed E-state index contributed by atoms with van der Waals surface area (Å²) in [5, 5.41) is 10.6. The summed E-state index contributed by atoms with van der Waals surface area (Å²) >= 11 is 0. The van der Waals surface area contributed by atoms with Gasteiger partial charge in [0, 0.05) is 13.0 Å². The van der Waals surface area contributed by atoms with E-state index in [2.05, 4.69) is 0 Å². The number of hydrogen-bond acceptors (Lipinski definition) is 4. The van der Waals surface area contributed by atoms with Crippen molar-refractivity contribution in [1.29, 1.82) is 0 Å². The molecule has 21 heavy (non-hydrogen) atoms. The van der Waals surface area contributed by atoms with Crippen LogP contribution >= 0.6 is 0 Å². The molecule has 0 amide bonds. The lowest BCUT2D eigenvalue weighted by Gasteiger charge is -2.10. The Morgan fingerprint density at radius 1 is 1.14 bits per heavy atom. The molecule has 0 fully saturated rings. The summed E-state index contributed by atoms with van der Waals surface area (Å²) in [6.45, 7) is 1.45. The van der Waals surface area contributed by atoms with Crippen LogP contribution in [-0.2, 0) is 0 Å². The zero-order chi connectivity index (χ0) is 15.2. The third-order valence-corrected chi connectivity index (χ3v) is 2.82. The predicted octanol–water partition coefficient (Wildman–Crippen LogP) is 4.13. The average molecular weight is 285 g/mol. The third-order valence-electron chi connectivity index (χ3n) is 2.82. The topological polar surface area (TPSA) is 61.6 Å². The first-order chi connectivity index (χ1) is 10.1. The molecular formula is C16H15NO4. The van der Waals surface area contributed by atoms with Crippen molar-refractivity contribution in [1.82, 2.24) is 0 Å². The highest BCUT2D eigenvalue weighted by molar-refractivity contribution is 5.57. The molecule has 0 radical (unpaired) electrons. The predicted molar refractivity (Wildman–Crippen MR) is 80.2 cm³/mol. The highest BCUT2D eigenvalue weighted by Crippen LogP contribution is 2.32. The molecule has 5 heteroatoms. The zero-order valence-corrected chi connectivity index (χ0v) is 11.8. The lowest BCUT2D eigenvalue weighted by Crippen LogP contribution is -1.94. The van der Waals surface area contributed by atoms with Crippen LogP contribution in [0.1, 0.15) is 12.5 Å². The lowest BCUT2D eigenvalue weighted by atomic mass is 10.1. The summed E-state index contributed by atoms with van der Waals surface area (Å²) in [5.41, 5.74) is 0.746. The van der Waals surface area contributed by atoms with E-state index in [1.54, 1.807) is 18.2 Å². The van der Waals surface area contributed by atoms with Crippen LogP contribution in [0, 0.1) is 10.1 Å². The van der Waals surface area contributed by atoms with Crippen LogP contribution in [0.15, 0.2) is 54.2 Å². The summed E-state index contributed by atoms with van der Waals surface area (Å²) in [5.74, 6) is 1.77. The van der Waals surface area contributed by atoms with Gasteiger partial charge in [0.25, 0.3) is 0 Å². The molecule has 0 aliphatic carbocycles. The maximum Gasteiger partial charge on any atom is 0.243 e. The molecule has 2 aromatic carbocycles. The fourth-order valence-corrected chi connectivity index (χ4v) is 1.77. The number of ether oxygens (including phenoxy) is 2. The molecular weight excluding hydrogens is 270 g/mol. The Morgan fingerprint density at radius 3 is 2.48 bits per heavy atom. The van der Waals surface area contributed by atoms with Crippen molar-refractivity contribution in [3.63, 3.8) is 0 Å². The van der Waals surface area contributed by atoms with E-state index < -0.39 is 4.92 Å². The summed E-state index contributed by atoms with van der Waals surface area (Å²) in [6.07, 6.45) is 1.48. The van der Waals surface area contributed by atoms with Gasteiger partial charge in [0.15, 0.2) is 11.5 Å². The minimum absolute atomic E-state index is 0.0637. The quantitative estimate of drug-likeness (QED) is 0.612. The van der Waals surface area contributed by atoms with Crippen molar-refractivity contribution in [2.24, 2.45) is 0 Å². The number of hydrogen-bond donors (Lipinski definition) is 0. The van der Waals surface area contributed by atoms with Gasteiger partial charge in [-0.3, -0.25) is 10.1 Å². The highest BCUT2D eigenvalue weighted by Gasteiger charge is 2.08. The molecule has 108 valence electrons. The first-order valence-corrected chi connectivity index (χ1v) is 6.34. The van der Waals surface area contributed by atoms with Gasteiger partial charge in [-0.1, -0.05) is 24.3 Å². The second-order valence-corrected chi connectivity index (χ2v) is 4.37. The molecule has 0 aliphatic heterocycles. The maximum atomic E-state index is 10.6. The summed E-state index contributed by atoms with van der Waals surface area (Å²) in [7, 11) is 1.53. The van der Waals surface area contributed by atoms with Gasteiger partial charge < -0.3 is 9.47 Å². The molecule has 0 spiro atoms. The molecule has 2 rings (SSSR count). The molecule has 0 bridgehead atoms. The summed E-state index contributed by atoms with van der Waals surface area (Å²) in [6, 6.07) is 14.5. The van der Waals surface area contributed by atoms with Crippen molar-refractivity contribution in [3.05, 3.63) is 69.9 Å². The van der Waals surface area contributed by atoms with Gasteiger partial charge in [0.2, 0.25) is 5.70 Å². The minimum atomic E-state index is -0.430.